The lowest BCUT2D eigenvalue weighted by Gasteiger charge is -2.17. The van der Waals surface area contributed by atoms with Gasteiger partial charge in [0.25, 0.3) is 0 Å². The zero-order valence-electron chi connectivity index (χ0n) is 15.1. The smallest absolute Gasteiger partial charge is 0.227 e. The van der Waals surface area contributed by atoms with E-state index >= 15 is 0 Å². The fourth-order valence-electron chi connectivity index (χ4n) is 3.28. The lowest BCUT2D eigenvalue weighted by molar-refractivity contribution is -0.124. The molecule has 1 aromatic heterocycles. The number of amides is 1. The van der Waals surface area contributed by atoms with Gasteiger partial charge in [0.05, 0.1) is 11.8 Å². The molecule has 0 bridgehead atoms. The van der Waals surface area contributed by atoms with Crippen molar-refractivity contribution in [1.82, 2.24) is 9.97 Å². The second-order valence-electron chi connectivity index (χ2n) is 6.69. The monoisotopic (exact) mass is 348 g/mol. The van der Waals surface area contributed by atoms with Crippen LogP contribution in [0.3, 0.4) is 0 Å². The normalized spacial score (nSPS) is 17.8. The third-order valence-electron chi connectivity index (χ3n) is 4.57. The number of carbonyl (C=O) groups excluding carboxylic acids is 2. The fourth-order valence-corrected chi connectivity index (χ4v) is 3.28. The summed E-state index contributed by atoms with van der Waals surface area (Å²) in [5, 5.41) is 9.54. The van der Waals surface area contributed by atoms with Crippen LogP contribution in [0.2, 0.25) is 0 Å². The Morgan fingerprint density at radius 1 is 1.23 bits per heavy atom. The molecule has 1 fully saturated rings. The Morgan fingerprint density at radius 3 is 2.54 bits per heavy atom. The number of aryl methyl sites for hydroxylation is 3. The van der Waals surface area contributed by atoms with E-state index in [0.717, 1.165) is 11.3 Å². The van der Waals surface area contributed by atoms with Gasteiger partial charge in [0.1, 0.15) is 11.7 Å². The minimum atomic E-state index is -0.980. The predicted octanol–water partition coefficient (Wildman–Crippen LogP) is 2.63. The number of aromatic nitrogens is 2. The van der Waals surface area contributed by atoms with Gasteiger partial charge in [0.15, 0.2) is 5.78 Å². The van der Waals surface area contributed by atoms with E-state index in [1.165, 1.54) is 0 Å². The van der Waals surface area contributed by atoms with Crippen molar-refractivity contribution in [2.45, 2.75) is 33.1 Å². The van der Waals surface area contributed by atoms with Crippen LogP contribution in [0.25, 0.3) is 0 Å². The first-order valence-electron chi connectivity index (χ1n) is 8.51. The van der Waals surface area contributed by atoms with Crippen molar-refractivity contribution in [3.05, 3.63) is 53.1 Å². The molecular weight excluding hydrogens is 328 g/mol. The van der Waals surface area contributed by atoms with Crippen molar-refractivity contribution in [3.63, 3.8) is 0 Å². The molecule has 6 nitrogen and oxygen atoms in total. The molecule has 2 heterocycles. The number of nitrogens with zero attached hydrogens (tertiary/aromatic N) is 4. The molecule has 0 N–H and O–H groups in total. The number of benzene rings is 1. The highest BCUT2D eigenvalue weighted by Gasteiger charge is 2.39. The van der Waals surface area contributed by atoms with Crippen LogP contribution in [0.1, 0.15) is 35.1 Å². The molecule has 26 heavy (non-hydrogen) atoms. The maximum Gasteiger partial charge on any atom is 0.227 e. The lowest BCUT2D eigenvalue weighted by atomic mass is 9.90. The first kappa shape index (κ1) is 17.7. The summed E-state index contributed by atoms with van der Waals surface area (Å²) >= 11 is 0. The topological polar surface area (TPSA) is 86.9 Å². The summed E-state index contributed by atoms with van der Waals surface area (Å²) in [6, 6.07) is 11.3. The number of Topliss-reactive ketones (excluding diaryl/α,β-unsaturated/α-hetero) is 1. The van der Waals surface area contributed by atoms with Crippen LogP contribution >= 0.6 is 0 Å². The Labute approximate surface area is 152 Å². The van der Waals surface area contributed by atoms with Crippen molar-refractivity contribution in [1.29, 1.82) is 5.26 Å². The molecule has 0 radical (unpaired) electrons. The van der Waals surface area contributed by atoms with Gasteiger partial charge in [-0.2, -0.15) is 5.26 Å². The van der Waals surface area contributed by atoms with E-state index in [1.54, 1.807) is 24.8 Å². The molecule has 0 aliphatic carbocycles. The van der Waals surface area contributed by atoms with Crippen LogP contribution < -0.4 is 4.90 Å². The van der Waals surface area contributed by atoms with E-state index in [0.29, 0.717) is 23.8 Å². The van der Waals surface area contributed by atoms with E-state index in [2.05, 4.69) is 16.0 Å². The zero-order valence-corrected chi connectivity index (χ0v) is 15.1. The van der Waals surface area contributed by atoms with Gasteiger partial charge in [-0.3, -0.25) is 9.59 Å². The predicted molar refractivity (Wildman–Crippen MR) is 96.5 cm³/mol. The summed E-state index contributed by atoms with van der Waals surface area (Å²) in [5.41, 5.74) is 3.00. The van der Waals surface area contributed by atoms with Crippen LogP contribution in [0, 0.1) is 38.0 Å². The molecular formula is C20H20N4O2. The summed E-state index contributed by atoms with van der Waals surface area (Å²) in [6.45, 7) is 5.80. The number of hydrogen-bond donors (Lipinski definition) is 0. The summed E-state index contributed by atoms with van der Waals surface area (Å²) in [5.74, 6) is -1.32. The minimum absolute atomic E-state index is 0.0982. The second kappa shape index (κ2) is 7.04. The molecule has 2 aromatic rings. The molecule has 0 spiro atoms. The van der Waals surface area contributed by atoms with Gasteiger partial charge < -0.3 is 4.90 Å². The van der Waals surface area contributed by atoms with Gasteiger partial charge in [-0.15, -0.1) is 0 Å². The van der Waals surface area contributed by atoms with Gasteiger partial charge in [-0.1, -0.05) is 17.7 Å². The largest absolute Gasteiger partial charge is 0.312 e. The molecule has 6 heteroatoms. The minimum Gasteiger partial charge on any atom is -0.312 e. The van der Waals surface area contributed by atoms with E-state index in [1.807, 2.05) is 31.2 Å². The van der Waals surface area contributed by atoms with Crippen LogP contribution in [0.15, 0.2) is 30.3 Å². The molecule has 0 saturated carbocycles. The fraction of sp³-hybridized carbons (Fsp3) is 0.350. The van der Waals surface area contributed by atoms with Gasteiger partial charge >= 0.3 is 0 Å². The summed E-state index contributed by atoms with van der Waals surface area (Å²) in [4.78, 5) is 35.4. The highest BCUT2D eigenvalue weighted by molar-refractivity contribution is 6.02. The number of ketones is 1. The molecule has 1 amide bonds. The number of carbonyl (C=O) groups is 2. The van der Waals surface area contributed by atoms with E-state index in [-0.39, 0.29) is 18.1 Å². The second-order valence-corrected chi connectivity index (χ2v) is 6.69. The van der Waals surface area contributed by atoms with Crippen LogP contribution in [0.5, 0.6) is 0 Å². The van der Waals surface area contributed by atoms with Crippen LogP contribution in [-0.2, 0) is 9.59 Å². The molecule has 132 valence electrons. The third kappa shape index (κ3) is 3.47. The highest BCUT2D eigenvalue weighted by Crippen LogP contribution is 2.29. The van der Waals surface area contributed by atoms with Crippen molar-refractivity contribution in [2.75, 3.05) is 11.4 Å². The number of rotatable bonds is 4. The summed E-state index contributed by atoms with van der Waals surface area (Å²) in [6.07, 6.45) is 0.119. The maximum absolute atomic E-state index is 12.9. The van der Waals surface area contributed by atoms with Gasteiger partial charge in [0.2, 0.25) is 5.91 Å². The lowest BCUT2D eigenvalue weighted by Crippen LogP contribution is -2.27. The number of nitriles is 1. The van der Waals surface area contributed by atoms with Crippen molar-refractivity contribution >= 4 is 17.4 Å². The number of anilines is 1. The van der Waals surface area contributed by atoms with E-state index in [4.69, 9.17) is 0 Å². The molecule has 1 saturated heterocycles. The van der Waals surface area contributed by atoms with Gasteiger partial charge in [-0.05, 0) is 39.0 Å². The zero-order chi connectivity index (χ0) is 18.8. The molecule has 1 aliphatic heterocycles. The molecule has 1 aromatic carbocycles. The third-order valence-corrected chi connectivity index (χ3v) is 4.57. The Hall–Kier alpha value is -3.07. The first-order valence-corrected chi connectivity index (χ1v) is 8.51. The standard InChI is InChI=1S/C20H20N4O2/c1-12-4-6-16(7-5-12)24-11-15(9-19(24)25)20(26)17(10-21)18-8-13(2)22-14(3)23-18/h4-8,15,17H,9,11H2,1-3H3/t15-,17+/m1/s1. The molecule has 2 atom stereocenters. The average molecular weight is 348 g/mol. The van der Waals surface area contributed by atoms with Crippen LogP contribution in [-0.4, -0.2) is 28.2 Å². The molecule has 3 rings (SSSR count). The van der Waals surface area contributed by atoms with Gasteiger partial charge in [-0.25, -0.2) is 9.97 Å². The SMILES string of the molecule is Cc1ccc(N2C[C@H](C(=O)[C@@H](C#N)c3cc(C)nc(C)n3)CC2=O)cc1. The van der Waals surface area contributed by atoms with Crippen molar-refractivity contribution < 1.29 is 9.59 Å². The van der Waals surface area contributed by atoms with Gasteiger partial charge in [0, 0.05) is 30.3 Å². The Morgan fingerprint density at radius 2 is 1.92 bits per heavy atom. The molecule has 0 unspecified atom stereocenters. The molecule has 1 aliphatic rings. The van der Waals surface area contributed by atoms with E-state index < -0.39 is 11.8 Å². The maximum atomic E-state index is 12.9. The first-order chi connectivity index (χ1) is 12.4. The Kier molecular flexibility index (Phi) is 4.81. The van der Waals surface area contributed by atoms with Crippen molar-refractivity contribution in [3.8, 4) is 6.07 Å². The number of hydrogen-bond acceptors (Lipinski definition) is 5. The Balaban J connectivity index is 1.82. The summed E-state index contributed by atoms with van der Waals surface area (Å²) in [7, 11) is 0. The quantitative estimate of drug-likeness (QED) is 0.848. The summed E-state index contributed by atoms with van der Waals surface area (Å²) < 4.78 is 0. The highest BCUT2D eigenvalue weighted by atomic mass is 16.2. The van der Waals surface area contributed by atoms with E-state index in [9.17, 15) is 14.9 Å². The van der Waals surface area contributed by atoms with Crippen LogP contribution in [0.4, 0.5) is 5.69 Å². The van der Waals surface area contributed by atoms with Crippen molar-refractivity contribution in [2.24, 2.45) is 5.92 Å². The average Bonchev–Trinajstić information content (AvgIpc) is 2.97. The Bertz CT molecular complexity index is 879.